The molecule has 0 unspecified atom stereocenters. The number of nitriles is 1. The SMILES string of the molecule is C=Cc1sc2ccc(-c3c(-c4ccc5oc6ccccc6c5c4)ccc(-c4ccccc4C#N)c3-c3ccccc3)cc2c1/C=C\C. The summed E-state index contributed by atoms with van der Waals surface area (Å²) >= 11 is 1.76. The van der Waals surface area contributed by atoms with Gasteiger partial charge < -0.3 is 4.42 Å². The number of nitrogens with zero attached hydrogens (tertiary/aromatic N) is 1. The molecule has 3 heteroatoms. The first kappa shape index (κ1) is 28.5. The first-order chi connectivity index (χ1) is 23.2. The molecule has 222 valence electrons. The minimum atomic E-state index is 0.647. The van der Waals surface area contributed by atoms with Crippen molar-refractivity contribution in [2.75, 3.05) is 0 Å². The van der Waals surface area contributed by atoms with E-state index in [0.717, 1.165) is 71.3 Å². The molecular formula is C44H29NOS. The fraction of sp³-hybridized carbons (Fsp3) is 0.0227. The van der Waals surface area contributed by atoms with Crippen molar-refractivity contribution >= 4 is 55.5 Å². The van der Waals surface area contributed by atoms with E-state index in [2.05, 4.69) is 123 Å². The van der Waals surface area contributed by atoms with Crippen molar-refractivity contribution in [2.45, 2.75) is 6.92 Å². The zero-order valence-corrected chi connectivity index (χ0v) is 26.6. The van der Waals surface area contributed by atoms with Gasteiger partial charge in [-0.25, -0.2) is 0 Å². The van der Waals surface area contributed by atoms with E-state index in [4.69, 9.17) is 4.42 Å². The predicted octanol–water partition coefficient (Wildman–Crippen LogP) is 13.0. The van der Waals surface area contributed by atoms with Crippen LogP contribution in [0.5, 0.6) is 0 Å². The predicted molar refractivity (Wildman–Crippen MR) is 200 cm³/mol. The first-order valence-corrected chi connectivity index (χ1v) is 16.5. The highest BCUT2D eigenvalue weighted by Gasteiger charge is 2.22. The molecule has 8 rings (SSSR count). The van der Waals surface area contributed by atoms with E-state index < -0.39 is 0 Å². The van der Waals surface area contributed by atoms with Crippen LogP contribution >= 0.6 is 11.3 Å². The normalized spacial score (nSPS) is 11.5. The summed E-state index contributed by atoms with van der Waals surface area (Å²) in [7, 11) is 0. The number of fused-ring (bicyclic) bond motifs is 4. The molecule has 2 aromatic heterocycles. The topological polar surface area (TPSA) is 36.9 Å². The Morgan fingerprint density at radius 2 is 1.34 bits per heavy atom. The molecule has 2 heterocycles. The summed E-state index contributed by atoms with van der Waals surface area (Å²) < 4.78 is 7.43. The number of hydrogen-bond acceptors (Lipinski definition) is 3. The van der Waals surface area contributed by atoms with E-state index in [1.807, 2.05) is 42.5 Å². The van der Waals surface area contributed by atoms with Gasteiger partial charge in [0.1, 0.15) is 11.2 Å². The Labute approximate surface area is 277 Å². The third-order valence-corrected chi connectivity index (χ3v) is 10.0. The van der Waals surface area contributed by atoms with Crippen molar-refractivity contribution in [2.24, 2.45) is 0 Å². The number of thiophene rings is 1. The Hall–Kier alpha value is -5.95. The average Bonchev–Trinajstić information content (AvgIpc) is 3.68. The van der Waals surface area contributed by atoms with Gasteiger partial charge in [0.2, 0.25) is 0 Å². The second kappa shape index (κ2) is 11.8. The molecule has 0 amide bonds. The Morgan fingerprint density at radius 1 is 0.638 bits per heavy atom. The standard InChI is InChI=1S/C44H29NOS/c1-3-12-35-38-26-30(20-24-42(38)47-41(35)4-2)44-33(29-19-23-40-37(25-29)34-17-10-11-18-39(34)46-40)21-22-36(32-16-9-8-15-31(32)27-45)43(44)28-13-6-5-7-14-28/h3-26H,2H2,1H3/b12-3-. The Bertz CT molecular complexity index is 2560. The van der Waals surface area contributed by atoms with Gasteiger partial charge in [-0.2, -0.15) is 5.26 Å². The maximum absolute atomic E-state index is 10.2. The molecule has 47 heavy (non-hydrogen) atoms. The lowest BCUT2D eigenvalue weighted by atomic mass is 9.81. The highest BCUT2D eigenvalue weighted by Crippen LogP contribution is 2.48. The number of benzene rings is 6. The average molecular weight is 620 g/mol. The van der Waals surface area contributed by atoms with Gasteiger partial charge in [-0.15, -0.1) is 11.3 Å². The van der Waals surface area contributed by atoms with Gasteiger partial charge in [-0.1, -0.05) is 116 Å². The van der Waals surface area contributed by atoms with Gasteiger partial charge in [0.05, 0.1) is 11.6 Å². The van der Waals surface area contributed by atoms with Crippen LogP contribution in [0.1, 0.15) is 22.9 Å². The van der Waals surface area contributed by atoms with E-state index in [-0.39, 0.29) is 0 Å². The van der Waals surface area contributed by atoms with Gasteiger partial charge in [0, 0.05) is 31.3 Å². The van der Waals surface area contributed by atoms with E-state index >= 15 is 0 Å². The molecule has 0 aliphatic rings. The Kier molecular flexibility index (Phi) is 7.14. The van der Waals surface area contributed by atoms with Crippen molar-refractivity contribution in [3.63, 3.8) is 0 Å². The summed E-state index contributed by atoms with van der Waals surface area (Å²) in [4.78, 5) is 1.16. The van der Waals surface area contributed by atoms with E-state index in [0.29, 0.717) is 5.56 Å². The van der Waals surface area contributed by atoms with E-state index in [1.54, 1.807) is 11.3 Å². The van der Waals surface area contributed by atoms with Crippen LogP contribution in [-0.2, 0) is 0 Å². The number of allylic oxidation sites excluding steroid dienone is 1. The zero-order chi connectivity index (χ0) is 31.9. The second-order valence-electron chi connectivity index (χ2n) is 11.5. The van der Waals surface area contributed by atoms with Gasteiger partial charge in [0.25, 0.3) is 0 Å². The van der Waals surface area contributed by atoms with Crippen LogP contribution in [0.25, 0.3) is 88.7 Å². The molecule has 0 atom stereocenters. The monoisotopic (exact) mass is 619 g/mol. The molecule has 2 nitrogen and oxygen atoms in total. The Morgan fingerprint density at radius 3 is 2.17 bits per heavy atom. The molecule has 0 saturated heterocycles. The molecular weight excluding hydrogens is 591 g/mol. The molecule has 6 aromatic carbocycles. The fourth-order valence-electron chi connectivity index (χ4n) is 6.76. The number of furan rings is 1. The lowest BCUT2D eigenvalue weighted by Crippen LogP contribution is -1.96. The molecule has 0 aliphatic carbocycles. The quantitative estimate of drug-likeness (QED) is 0.186. The molecule has 0 radical (unpaired) electrons. The summed E-state index contributed by atoms with van der Waals surface area (Å²) in [5.74, 6) is 0. The molecule has 0 fully saturated rings. The van der Waals surface area contributed by atoms with Crippen molar-refractivity contribution < 1.29 is 4.42 Å². The minimum Gasteiger partial charge on any atom is -0.456 e. The number of hydrogen-bond donors (Lipinski definition) is 0. The van der Waals surface area contributed by atoms with Crippen LogP contribution in [-0.4, -0.2) is 0 Å². The maximum atomic E-state index is 10.2. The second-order valence-corrected chi connectivity index (χ2v) is 12.6. The van der Waals surface area contributed by atoms with Gasteiger partial charge in [0.15, 0.2) is 0 Å². The molecule has 0 saturated carbocycles. The summed E-state index contributed by atoms with van der Waals surface area (Å²) in [6.07, 6.45) is 6.21. The van der Waals surface area contributed by atoms with Crippen LogP contribution in [0.4, 0.5) is 0 Å². The summed E-state index contributed by atoms with van der Waals surface area (Å²) in [6.45, 7) is 6.16. The van der Waals surface area contributed by atoms with Crippen molar-refractivity contribution in [3.8, 4) is 50.6 Å². The molecule has 0 N–H and O–H groups in total. The van der Waals surface area contributed by atoms with Crippen LogP contribution in [0, 0.1) is 11.3 Å². The van der Waals surface area contributed by atoms with Crippen molar-refractivity contribution in [3.05, 3.63) is 156 Å². The number of para-hydroxylation sites is 1. The highest BCUT2D eigenvalue weighted by molar-refractivity contribution is 7.20. The van der Waals surface area contributed by atoms with Crippen molar-refractivity contribution in [1.29, 1.82) is 5.26 Å². The largest absolute Gasteiger partial charge is 0.456 e. The summed E-state index contributed by atoms with van der Waals surface area (Å²) in [6, 6.07) is 46.7. The maximum Gasteiger partial charge on any atom is 0.135 e. The highest BCUT2D eigenvalue weighted by atomic mass is 32.1. The zero-order valence-electron chi connectivity index (χ0n) is 25.8. The Balaban J connectivity index is 1.51. The van der Waals surface area contributed by atoms with E-state index in [9.17, 15) is 5.26 Å². The van der Waals surface area contributed by atoms with Crippen LogP contribution in [0.15, 0.2) is 144 Å². The van der Waals surface area contributed by atoms with Crippen molar-refractivity contribution in [1.82, 2.24) is 0 Å². The lowest BCUT2D eigenvalue weighted by Gasteiger charge is -2.21. The molecule has 0 spiro atoms. The van der Waals surface area contributed by atoms with Gasteiger partial charge in [-0.05, 0) is 87.8 Å². The molecule has 0 bridgehead atoms. The third kappa shape index (κ3) is 4.79. The number of rotatable bonds is 6. The summed E-state index contributed by atoms with van der Waals surface area (Å²) in [5, 5.41) is 13.6. The minimum absolute atomic E-state index is 0.647. The van der Waals surface area contributed by atoms with Crippen LogP contribution < -0.4 is 0 Å². The molecule has 8 aromatic rings. The summed E-state index contributed by atoms with van der Waals surface area (Å²) in [5.41, 5.74) is 12.1. The van der Waals surface area contributed by atoms with Crippen LogP contribution in [0.3, 0.4) is 0 Å². The van der Waals surface area contributed by atoms with Gasteiger partial charge in [-0.3, -0.25) is 0 Å². The first-order valence-electron chi connectivity index (χ1n) is 15.6. The van der Waals surface area contributed by atoms with Gasteiger partial charge >= 0.3 is 0 Å². The fourth-order valence-corrected chi connectivity index (χ4v) is 7.79. The smallest absolute Gasteiger partial charge is 0.135 e. The van der Waals surface area contributed by atoms with E-state index in [1.165, 1.54) is 15.6 Å². The molecule has 0 aliphatic heterocycles. The lowest BCUT2D eigenvalue weighted by molar-refractivity contribution is 0.669. The third-order valence-electron chi connectivity index (χ3n) is 8.86. The van der Waals surface area contributed by atoms with Crippen LogP contribution in [0.2, 0.25) is 0 Å².